The van der Waals surface area contributed by atoms with Crippen molar-refractivity contribution >= 4 is 23.2 Å². The van der Waals surface area contributed by atoms with Gasteiger partial charge in [0.25, 0.3) is 0 Å². The van der Waals surface area contributed by atoms with Gasteiger partial charge in [0.1, 0.15) is 0 Å². The van der Waals surface area contributed by atoms with E-state index in [1.807, 2.05) is 0 Å². The smallest absolute Gasteiger partial charge is 0.321 e. The first-order valence-corrected chi connectivity index (χ1v) is 5.35. The Morgan fingerprint density at radius 3 is 2.12 bits per heavy atom. The number of nitrogens with zero attached hydrogens (tertiary/aromatic N) is 1. The monoisotopic (exact) mass is 279 g/mol. The van der Waals surface area contributed by atoms with E-state index in [0.717, 1.165) is 6.07 Å². The molecule has 1 nitrogen and oxygen atoms in total. The second-order valence-corrected chi connectivity index (χ2v) is 4.13. The first-order chi connectivity index (χ1) is 7.91. The summed E-state index contributed by atoms with van der Waals surface area (Å²) in [6, 6.07) is 5.41. The Kier molecular flexibility index (Phi) is 3.10. The third kappa shape index (κ3) is 2.28. The van der Waals surface area contributed by atoms with Gasteiger partial charge >= 0.3 is 6.18 Å². The van der Waals surface area contributed by atoms with Crippen LogP contribution < -0.4 is 0 Å². The highest BCUT2D eigenvalue weighted by atomic mass is 35.5. The maximum absolute atomic E-state index is 12.7. The molecule has 0 spiro atoms. The molecule has 6 heteroatoms. The van der Waals surface area contributed by atoms with Gasteiger partial charge in [-0.25, -0.2) is 0 Å². The quantitative estimate of drug-likeness (QED) is 0.706. The van der Waals surface area contributed by atoms with Gasteiger partial charge in [0.05, 0.1) is 21.3 Å². The van der Waals surface area contributed by atoms with Crippen molar-refractivity contribution in [1.82, 2.24) is 4.57 Å². The summed E-state index contributed by atoms with van der Waals surface area (Å²) in [5, 5.41) is -0.236. The molecule has 0 radical (unpaired) electrons. The lowest BCUT2D eigenvalue weighted by atomic mass is 10.2. The number of rotatable bonds is 1. The standard InChI is InChI=1S/C11H6Cl2F3N/c12-8-4-3-7(11(14,15)16)9(13)10(8)17-5-1-2-6-17/h1-6H. The maximum atomic E-state index is 12.7. The minimum atomic E-state index is -4.50. The maximum Gasteiger partial charge on any atom is 0.417 e. The number of benzene rings is 1. The fourth-order valence-corrected chi connectivity index (χ4v) is 2.15. The molecule has 1 aromatic heterocycles. The normalized spacial score (nSPS) is 11.8. The minimum Gasteiger partial charge on any atom is -0.321 e. The van der Waals surface area contributed by atoms with Gasteiger partial charge in [-0.2, -0.15) is 13.2 Å². The molecule has 0 aliphatic rings. The molecular formula is C11H6Cl2F3N. The van der Waals surface area contributed by atoms with Gasteiger partial charge in [-0.05, 0) is 24.3 Å². The van der Waals surface area contributed by atoms with Crippen molar-refractivity contribution in [2.24, 2.45) is 0 Å². The van der Waals surface area contributed by atoms with E-state index in [0.29, 0.717) is 0 Å². The predicted molar refractivity (Wildman–Crippen MR) is 60.8 cm³/mol. The first kappa shape index (κ1) is 12.3. The van der Waals surface area contributed by atoms with Crippen molar-refractivity contribution < 1.29 is 13.2 Å². The number of alkyl halides is 3. The van der Waals surface area contributed by atoms with Crippen molar-refractivity contribution in [2.45, 2.75) is 6.18 Å². The van der Waals surface area contributed by atoms with Crippen LogP contribution in [0.3, 0.4) is 0 Å². The van der Waals surface area contributed by atoms with E-state index in [4.69, 9.17) is 23.2 Å². The lowest BCUT2D eigenvalue weighted by molar-refractivity contribution is -0.137. The summed E-state index contributed by atoms with van der Waals surface area (Å²) in [4.78, 5) is 0. The molecule has 90 valence electrons. The van der Waals surface area contributed by atoms with Crippen LogP contribution in [0.5, 0.6) is 0 Å². The van der Waals surface area contributed by atoms with E-state index < -0.39 is 16.8 Å². The van der Waals surface area contributed by atoms with E-state index in [-0.39, 0.29) is 10.7 Å². The topological polar surface area (TPSA) is 4.93 Å². The summed E-state index contributed by atoms with van der Waals surface area (Å²) in [5.41, 5.74) is -0.763. The molecule has 0 atom stereocenters. The van der Waals surface area contributed by atoms with Crippen LogP contribution in [-0.2, 0) is 6.18 Å². The fourth-order valence-electron chi connectivity index (χ4n) is 1.48. The average Bonchev–Trinajstić information content (AvgIpc) is 2.68. The molecule has 0 bridgehead atoms. The van der Waals surface area contributed by atoms with Gasteiger partial charge in [-0.15, -0.1) is 0 Å². The zero-order chi connectivity index (χ0) is 12.6. The molecule has 0 unspecified atom stereocenters. The summed E-state index contributed by atoms with van der Waals surface area (Å²) in [5.74, 6) is 0. The van der Waals surface area contributed by atoms with Crippen LogP contribution in [0.1, 0.15) is 5.56 Å². The Labute approximate surface area is 105 Å². The van der Waals surface area contributed by atoms with Crippen LogP contribution in [0.25, 0.3) is 5.69 Å². The Balaban J connectivity index is 2.68. The van der Waals surface area contributed by atoms with E-state index in [1.54, 1.807) is 24.5 Å². The van der Waals surface area contributed by atoms with E-state index >= 15 is 0 Å². The van der Waals surface area contributed by atoms with Gasteiger partial charge in [0.15, 0.2) is 0 Å². The molecule has 1 aromatic carbocycles. The molecule has 0 fully saturated rings. The predicted octanol–water partition coefficient (Wildman–Crippen LogP) is 4.80. The lowest BCUT2D eigenvalue weighted by Crippen LogP contribution is -2.08. The second-order valence-electron chi connectivity index (χ2n) is 3.35. The Morgan fingerprint density at radius 2 is 1.59 bits per heavy atom. The van der Waals surface area contributed by atoms with Crippen LogP contribution in [0.15, 0.2) is 36.7 Å². The van der Waals surface area contributed by atoms with Crippen LogP contribution in [0.2, 0.25) is 10.0 Å². The van der Waals surface area contributed by atoms with Crippen LogP contribution >= 0.6 is 23.2 Å². The van der Waals surface area contributed by atoms with Crippen molar-refractivity contribution in [3.8, 4) is 5.69 Å². The van der Waals surface area contributed by atoms with Gasteiger partial charge in [-0.3, -0.25) is 0 Å². The van der Waals surface area contributed by atoms with Crippen molar-refractivity contribution in [1.29, 1.82) is 0 Å². The molecule has 0 aliphatic carbocycles. The molecule has 1 heterocycles. The molecular weight excluding hydrogens is 274 g/mol. The third-order valence-electron chi connectivity index (χ3n) is 2.23. The lowest BCUT2D eigenvalue weighted by Gasteiger charge is -2.14. The van der Waals surface area contributed by atoms with Gasteiger partial charge < -0.3 is 4.57 Å². The highest BCUT2D eigenvalue weighted by molar-refractivity contribution is 6.38. The zero-order valence-electron chi connectivity index (χ0n) is 8.30. The van der Waals surface area contributed by atoms with Gasteiger partial charge in [0, 0.05) is 12.4 Å². The van der Waals surface area contributed by atoms with E-state index in [9.17, 15) is 13.2 Å². The largest absolute Gasteiger partial charge is 0.417 e. The Morgan fingerprint density at radius 1 is 1.00 bits per heavy atom. The molecule has 0 N–H and O–H groups in total. The molecule has 0 saturated heterocycles. The Hall–Kier alpha value is -1.13. The van der Waals surface area contributed by atoms with Crippen molar-refractivity contribution in [3.05, 3.63) is 52.3 Å². The third-order valence-corrected chi connectivity index (χ3v) is 2.92. The van der Waals surface area contributed by atoms with Crippen LogP contribution in [0.4, 0.5) is 13.2 Å². The molecule has 0 saturated carbocycles. The number of aromatic nitrogens is 1. The van der Waals surface area contributed by atoms with Gasteiger partial charge in [-0.1, -0.05) is 23.2 Å². The van der Waals surface area contributed by atoms with E-state index in [1.165, 1.54) is 10.6 Å². The summed E-state index contributed by atoms with van der Waals surface area (Å²) in [7, 11) is 0. The minimum absolute atomic E-state index is 0.133. The molecule has 0 amide bonds. The van der Waals surface area contributed by atoms with E-state index in [2.05, 4.69) is 0 Å². The Bertz CT molecular complexity index is 532. The molecule has 17 heavy (non-hydrogen) atoms. The molecule has 0 aliphatic heterocycles. The zero-order valence-corrected chi connectivity index (χ0v) is 9.81. The van der Waals surface area contributed by atoms with Crippen molar-refractivity contribution in [2.75, 3.05) is 0 Å². The average molecular weight is 280 g/mol. The molecule has 2 rings (SSSR count). The first-order valence-electron chi connectivity index (χ1n) is 4.60. The summed E-state index contributed by atoms with van der Waals surface area (Å²) in [6.45, 7) is 0. The number of hydrogen-bond acceptors (Lipinski definition) is 0. The SMILES string of the molecule is FC(F)(F)c1ccc(Cl)c(-n2cccc2)c1Cl. The summed E-state index contributed by atoms with van der Waals surface area (Å²) < 4.78 is 39.4. The van der Waals surface area contributed by atoms with Crippen LogP contribution in [0, 0.1) is 0 Å². The molecule has 2 aromatic rings. The summed E-state index contributed by atoms with van der Waals surface area (Å²) >= 11 is 11.6. The number of halogens is 5. The summed E-state index contributed by atoms with van der Waals surface area (Å²) in [6.07, 6.45) is -1.34. The van der Waals surface area contributed by atoms with Crippen molar-refractivity contribution in [3.63, 3.8) is 0 Å². The highest BCUT2D eigenvalue weighted by Gasteiger charge is 2.34. The fraction of sp³-hybridized carbons (Fsp3) is 0.0909. The number of hydrogen-bond donors (Lipinski definition) is 0. The van der Waals surface area contributed by atoms with Gasteiger partial charge in [0.2, 0.25) is 0 Å². The van der Waals surface area contributed by atoms with Crippen LogP contribution in [-0.4, -0.2) is 4.57 Å². The second kappa shape index (κ2) is 4.27. The highest BCUT2D eigenvalue weighted by Crippen LogP contribution is 2.40.